The zero-order valence-corrected chi connectivity index (χ0v) is 10.6. The molecule has 1 rings (SSSR count). The van der Waals surface area contributed by atoms with E-state index in [4.69, 9.17) is 4.84 Å². The highest BCUT2D eigenvalue weighted by Gasteiger charge is 2.17. The van der Waals surface area contributed by atoms with Crippen LogP contribution < -0.4 is 5.48 Å². The van der Waals surface area contributed by atoms with Gasteiger partial charge in [-0.15, -0.1) is 0 Å². The number of carbonyl (C=O) groups is 1. The quantitative estimate of drug-likeness (QED) is 0.656. The SMILES string of the molecule is CC(C)(C)ONC(=O)Cc1ccccc1[N+](=O)[O-]. The molecule has 0 saturated carbocycles. The van der Waals surface area contributed by atoms with Crippen LogP contribution in [0.2, 0.25) is 0 Å². The summed E-state index contributed by atoms with van der Waals surface area (Å²) in [5.74, 6) is -0.417. The van der Waals surface area contributed by atoms with Crippen LogP contribution in [-0.2, 0) is 16.1 Å². The van der Waals surface area contributed by atoms with Crippen molar-refractivity contribution >= 4 is 11.6 Å². The fraction of sp³-hybridized carbons (Fsp3) is 0.417. The second kappa shape index (κ2) is 5.59. The highest BCUT2D eigenvalue weighted by molar-refractivity contribution is 5.78. The van der Waals surface area contributed by atoms with Crippen LogP contribution in [0, 0.1) is 10.1 Å². The summed E-state index contributed by atoms with van der Waals surface area (Å²) >= 11 is 0. The summed E-state index contributed by atoms with van der Waals surface area (Å²) in [5, 5.41) is 10.8. The van der Waals surface area contributed by atoms with E-state index in [1.54, 1.807) is 39.0 Å². The number of benzene rings is 1. The van der Waals surface area contributed by atoms with Gasteiger partial charge < -0.3 is 0 Å². The molecule has 0 heterocycles. The molecule has 0 aromatic heterocycles. The van der Waals surface area contributed by atoms with Crippen molar-refractivity contribution in [1.82, 2.24) is 5.48 Å². The lowest BCUT2D eigenvalue weighted by Crippen LogP contribution is -2.34. The van der Waals surface area contributed by atoms with Crippen LogP contribution >= 0.6 is 0 Å². The van der Waals surface area contributed by atoms with Crippen molar-refractivity contribution in [3.05, 3.63) is 39.9 Å². The van der Waals surface area contributed by atoms with Gasteiger partial charge in [0.1, 0.15) is 0 Å². The smallest absolute Gasteiger partial charge is 0.272 e. The van der Waals surface area contributed by atoms with Crippen LogP contribution in [0.15, 0.2) is 24.3 Å². The molecule has 6 heteroatoms. The van der Waals surface area contributed by atoms with E-state index in [-0.39, 0.29) is 12.1 Å². The third-order valence-electron chi connectivity index (χ3n) is 2.01. The Labute approximate surface area is 105 Å². The topological polar surface area (TPSA) is 81.5 Å². The lowest BCUT2D eigenvalue weighted by Gasteiger charge is -2.18. The maximum Gasteiger partial charge on any atom is 0.273 e. The zero-order chi connectivity index (χ0) is 13.8. The summed E-state index contributed by atoms with van der Waals surface area (Å²) in [6, 6.07) is 6.13. The van der Waals surface area contributed by atoms with E-state index in [9.17, 15) is 14.9 Å². The fourth-order valence-electron chi connectivity index (χ4n) is 1.26. The van der Waals surface area contributed by atoms with Crippen molar-refractivity contribution in [2.45, 2.75) is 32.8 Å². The Bertz CT molecular complexity index is 452. The first-order valence-electron chi connectivity index (χ1n) is 5.49. The Morgan fingerprint density at radius 3 is 2.56 bits per heavy atom. The van der Waals surface area contributed by atoms with Gasteiger partial charge >= 0.3 is 0 Å². The Kier molecular flexibility index (Phi) is 4.38. The fourth-order valence-corrected chi connectivity index (χ4v) is 1.26. The van der Waals surface area contributed by atoms with Crippen molar-refractivity contribution in [2.75, 3.05) is 0 Å². The molecule has 18 heavy (non-hydrogen) atoms. The molecule has 0 spiro atoms. The number of nitro benzene ring substituents is 1. The molecule has 0 unspecified atom stereocenters. The third kappa shape index (κ3) is 4.50. The van der Waals surface area contributed by atoms with Crippen LogP contribution in [0.25, 0.3) is 0 Å². The molecule has 1 amide bonds. The van der Waals surface area contributed by atoms with Gasteiger partial charge in [0.25, 0.3) is 5.69 Å². The van der Waals surface area contributed by atoms with Crippen molar-refractivity contribution < 1.29 is 14.6 Å². The Morgan fingerprint density at radius 2 is 2.00 bits per heavy atom. The van der Waals surface area contributed by atoms with E-state index in [0.717, 1.165) is 0 Å². The third-order valence-corrected chi connectivity index (χ3v) is 2.01. The van der Waals surface area contributed by atoms with Gasteiger partial charge in [-0.25, -0.2) is 5.48 Å². The summed E-state index contributed by atoms with van der Waals surface area (Å²) in [5.41, 5.74) is 2.07. The lowest BCUT2D eigenvalue weighted by molar-refractivity contribution is -0.385. The van der Waals surface area contributed by atoms with E-state index in [1.165, 1.54) is 6.07 Å². The van der Waals surface area contributed by atoms with Gasteiger partial charge in [0, 0.05) is 11.6 Å². The zero-order valence-electron chi connectivity index (χ0n) is 10.6. The first-order chi connectivity index (χ1) is 8.29. The number of nitro groups is 1. The number of carbonyl (C=O) groups excluding carboxylic acids is 1. The molecule has 0 bridgehead atoms. The normalized spacial score (nSPS) is 11.1. The first kappa shape index (κ1) is 14.1. The van der Waals surface area contributed by atoms with Gasteiger partial charge in [0.05, 0.1) is 16.9 Å². The van der Waals surface area contributed by atoms with Gasteiger partial charge in [-0.05, 0) is 20.8 Å². The first-order valence-corrected chi connectivity index (χ1v) is 5.49. The van der Waals surface area contributed by atoms with E-state index >= 15 is 0 Å². The number of rotatable bonds is 4. The van der Waals surface area contributed by atoms with E-state index in [1.807, 2.05) is 0 Å². The summed E-state index contributed by atoms with van der Waals surface area (Å²) in [6.07, 6.45) is -0.0900. The standard InChI is InChI=1S/C12H16N2O4/c1-12(2,3)18-13-11(15)8-9-6-4-5-7-10(9)14(16)17/h4-7H,8H2,1-3H3,(H,13,15). The molecule has 0 radical (unpaired) electrons. The molecule has 0 aliphatic heterocycles. The van der Waals surface area contributed by atoms with Crippen LogP contribution in [-0.4, -0.2) is 16.4 Å². The number of para-hydroxylation sites is 1. The highest BCUT2D eigenvalue weighted by Crippen LogP contribution is 2.18. The monoisotopic (exact) mass is 252 g/mol. The molecule has 1 aromatic rings. The van der Waals surface area contributed by atoms with Gasteiger partial charge in [-0.1, -0.05) is 18.2 Å². The Hall–Kier alpha value is -1.95. The number of hydrogen-bond acceptors (Lipinski definition) is 4. The minimum Gasteiger partial charge on any atom is -0.272 e. The summed E-state index contributed by atoms with van der Waals surface area (Å²) in [6.45, 7) is 5.37. The Morgan fingerprint density at radius 1 is 1.39 bits per heavy atom. The molecule has 1 N–H and O–H groups in total. The molecular formula is C12H16N2O4. The van der Waals surface area contributed by atoms with Gasteiger partial charge in [-0.2, -0.15) is 0 Å². The second-order valence-electron chi connectivity index (χ2n) is 4.80. The van der Waals surface area contributed by atoms with Crippen LogP contribution in [0.4, 0.5) is 5.69 Å². The molecule has 98 valence electrons. The average Bonchev–Trinajstić information content (AvgIpc) is 2.26. The molecule has 0 atom stereocenters. The van der Waals surface area contributed by atoms with E-state index in [2.05, 4.69) is 5.48 Å². The molecule has 1 aromatic carbocycles. The minimum atomic E-state index is -0.507. The summed E-state index contributed by atoms with van der Waals surface area (Å²) < 4.78 is 0. The largest absolute Gasteiger partial charge is 0.273 e. The lowest BCUT2D eigenvalue weighted by atomic mass is 10.1. The van der Waals surface area contributed by atoms with Gasteiger partial charge in [-0.3, -0.25) is 19.7 Å². The van der Waals surface area contributed by atoms with Crippen molar-refractivity contribution in [3.63, 3.8) is 0 Å². The van der Waals surface area contributed by atoms with Crippen molar-refractivity contribution in [3.8, 4) is 0 Å². The molecule has 0 saturated heterocycles. The maximum absolute atomic E-state index is 11.6. The van der Waals surface area contributed by atoms with E-state index < -0.39 is 16.4 Å². The Balaban J connectivity index is 2.68. The molecule has 0 aliphatic carbocycles. The highest BCUT2D eigenvalue weighted by atomic mass is 16.7. The molecule has 6 nitrogen and oxygen atoms in total. The molecular weight excluding hydrogens is 236 g/mol. The van der Waals surface area contributed by atoms with Crippen LogP contribution in [0.1, 0.15) is 26.3 Å². The second-order valence-corrected chi connectivity index (χ2v) is 4.80. The number of nitrogens with one attached hydrogen (secondary N) is 1. The predicted octanol–water partition coefficient (Wildman–Crippen LogP) is 1.98. The van der Waals surface area contributed by atoms with Crippen molar-refractivity contribution in [1.29, 1.82) is 0 Å². The number of hydrogen-bond donors (Lipinski definition) is 1. The van der Waals surface area contributed by atoms with Gasteiger partial charge in [0.15, 0.2) is 0 Å². The van der Waals surface area contributed by atoms with Crippen LogP contribution in [0.3, 0.4) is 0 Å². The molecule has 0 aliphatic rings. The predicted molar refractivity (Wildman–Crippen MR) is 65.8 cm³/mol. The van der Waals surface area contributed by atoms with E-state index in [0.29, 0.717) is 5.56 Å². The number of nitrogens with zero attached hydrogens (tertiary/aromatic N) is 1. The number of hydroxylamine groups is 1. The molecule has 0 fully saturated rings. The summed E-state index contributed by atoms with van der Waals surface area (Å²) in [4.78, 5) is 26.9. The maximum atomic E-state index is 11.6. The average molecular weight is 252 g/mol. The number of amides is 1. The minimum absolute atomic E-state index is 0.0663. The van der Waals surface area contributed by atoms with Crippen molar-refractivity contribution in [2.24, 2.45) is 0 Å². The van der Waals surface area contributed by atoms with Gasteiger partial charge in [0.2, 0.25) is 5.91 Å². The van der Waals surface area contributed by atoms with Crippen LogP contribution in [0.5, 0.6) is 0 Å². The summed E-state index contributed by atoms with van der Waals surface area (Å²) in [7, 11) is 0.